The number of benzene rings is 2. The summed E-state index contributed by atoms with van der Waals surface area (Å²) in [4.78, 5) is 3.20. The first-order valence-electron chi connectivity index (χ1n) is 7.23. The summed E-state index contributed by atoms with van der Waals surface area (Å²) in [6.45, 7) is 1.49. The molecule has 3 aromatic rings. The standard InChI is InChI=1S/C15H12F2N2O4S3/c1-2-25(20,21)15-18-12-6-4-10(8-13(12)24-15)19-26(22,23)14-7-9(16)3-5-11(14)17/h3-8,19H,2H2,1H3. The Morgan fingerprint density at radius 3 is 2.50 bits per heavy atom. The van der Waals surface area contributed by atoms with Gasteiger partial charge in [-0.3, -0.25) is 4.72 Å². The zero-order valence-electron chi connectivity index (χ0n) is 13.2. The van der Waals surface area contributed by atoms with Gasteiger partial charge in [0.25, 0.3) is 10.0 Å². The predicted octanol–water partition coefficient (Wildman–Crippen LogP) is 3.17. The van der Waals surface area contributed by atoms with Gasteiger partial charge in [-0.15, -0.1) is 11.3 Å². The van der Waals surface area contributed by atoms with E-state index in [4.69, 9.17) is 0 Å². The van der Waals surface area contributed by atoms with Crippen molar-refractivity contribution < 1.29 is 25.6 Å². The maximum absolute atomic E-state index is 13.7. The minimum atomic E-state index is -4.36. The Balaban J connectivity index is 2.00. The second kappa shape index (κ2) is 6.56. The number of thiazole rings is 1. The van der Waals surface area contributed by atoms with Crippen LogP contribution in [-0.4, -0.2) is 27.6 Å². The van der Waals surface area contributed by atoms with Crippen LogP contribution >= 0.6 is 11.3 Å². The molecule has 2 aromatic carbocycles. The third kappa shape index (κ3) is 3.55. The van der Waals surface area contributed by atoms with Crippen LogP contribution in [-0.2, 0) is 19.9 Å². The number of rotatable bonds is 5. The number of sulfone groups is 1. The summed E-state index contributed by atoms with van der Waals surface area (Å²) in [6, 6.07) is 6.30. The average molecular weight is 418 g/mol. The van der Waals surface area contributed by atoms with E-state index in [9.17, 15) is 25.6 Å². The van der Waals surface area contributed by atoms with Crippen molar-refractivity contribution >= 4 is 47.1 Å². The normalized spacial score (nSPS) is 12.4. The third-order valence-electron chi connectivity index (χ3n) is 3.45. The van der Waals surface area contributed by atoms with Crippen LogP contribution in [0.25, 0.3) is 10.2 Å². The number of fused-ring (bicyclic) bond motifs is 1. The van der Waals surface area contributed by atoms with Gasteiger partial charge in [-0.2, -0.15) is 0 Å². The molecule has 0 aliphatic heterocycles. The quantitative estimate of drug-likeness (QED) is 0.687. The molecular weight excluding hydrogens is 406 g/mol. The van der Waals surface area contributed by atoms with Gasteiger partial charge >= 0.3 is 0 Å². The molecule has 3 rings (SSSR count). The van der Waals surface area contributed by atoms with Gasteiger partial charge < -0.3 is 0 Å². The van der Waals surface area contributed by atoms with Crippen molar-refractivity contribution in [2.45, 2.75) is 16.2 Å². The molecule has 26 heavy (non-hydrogen) atoms. The first-order valence-corrected chi connectivity index (χ1v) is 11.2. The molecule has 0 saturated heterocycles. The van der Waals surface area contributed by atoms with Crippen LogP contribution in [0.1, 0.15) is 6.92 Å². The topological polar surface area (TPSA) is 93.2 Å². The van der Waals surface area contributed by atoms with Crippen LogP contribution in [0.5, 0.6) is 0 Å². The molecule has 0 spiro atoms. The molecule has 0 unspecified atom stereocenters. The Kier molecular flexibility index (Phi) is 4.71. The van der Waals surface area contributed by atoms with Crippen LogP contribution in [0.2, 0.25) is 0 Å². The zero-order valence-corrected chi connectivity index (χ0v) is 15.7. The molecule has 0 aliphatic rings. The lowest BCUT2D eigenvalue weighted by atomic mass is 10.3. The van der Waals surface area contributed by atoms with E-state index in [0.717, 1.165) is 23.5 Å². The summed E-state index contributed by atoms with van der Waals surface area (Å²) in [5, 5.41) is 0. The molecule has 0 radical (unpaired) electrons. The lowest BCUT2D eigenvalue weighted by Crippen LogP contribution is -2.14. The van der Waals surface area contributed by atoms with Crippen molar-refractivity contribution in [1.29, 1.82) is 0 Å². The summed E-state index contributed by atoms with van der Waals surface area (Å²) in [5.74, 6) is -2.08. The number of halogens is 2. The first kappa shape index (κ1) is 18.7. The smallest absolute Gasteiger partial charge is 0.264 e. The number of nitrogens with one attached hydrogen (secondary N) is 1. The van der Waals surface area contributed by atoms with Crippen molar-refractivity contribution in [3.05, 3.63) is 48.0 Å². The second-order valence-corrected chi connectivity index (χ2v) is 10.4. The van der Waals surface area contributed by atoms with Crippen LogP contribution in [0.3, 0.4) is 0 Å². The molecule has 0 atom stereocenters. The SMILES string of the molecule is CCS(=O)(=O)c1nc2ccc(NS(=O)(=O)c3cc(F)ccc3F)cc2s1. The molecule has 11 heteroatoms. The Morgan fingerprint density at radius 2 is 1.81 bits per heavy atom. The van der Waals surface area contributed by atoms with Gasteiger partial charge in [0.1, 0.15) is 16.5 Å². The minimum Gasteiger partial charge on any atom is -0.279 e. The summed E-state index contributed by atoms with van der Waals surface area (Å²) in [5.41, 5.74) is 0.465. The van der Waals surface area contributed by atoms with Gasteiger partial charge in [-0.05, 0) is 36.4 Å². The number of hydrogen-bond acceptors (Lipinski definition) is 6. The Labute approximate surface area is 152 Å². The van der Waals surface area contributed by atoms with E-state index in [-0.39, 0.29) is 15.8 Å². The molecule has 1 heterocycles. The first-order chi connectivity index (χ1) is 12.1. The summed E-state index contributed by atoms with van der Waals surface area (Å²) >= 11 is 0.902. The molecule has 1 N–H and O–H groups in total. The van der Waals surface area contributed by atoms with Crippen molar-refractivity contribution in [3.8, 4) is 0 Å². The second-order valence-electron chi connectivity index (χ2n) is 5.25. The maximum Gasteiger partial charge on any atom is 0.264 e. The molecule has 6 nitrogen and oxygen atoms in total. The van der Waals surface area contributed by atoms with Crippen LogP contribution < -0.4 is 4.72 Å². The number of nitrogens with zero attached hydrogens (tertiary/aromatic N) is 1. The molecule has 1 aromatic heterocycles. The van der Waals surface area contributed by atoms with E-state index in [0.29, 0.717) is 16.3 Å². The fourth-order valence-electron chi connectivity index (χ4n) is 2.12. The fraction of sp³-hybridized carbons (Fsp3) is 0.133. The average Bonchev–Trinajstić information content (AvgIpc) is 3.00. The number of hydrogen-bond donors (Lipinski definition) is 1. The predicted molar refractivity (Wildman–Crippen MR) is 94.5 cm³/mol. The molecule has 0 aliphatic carbocycles. The van der Waals surface area contributed by atoms with E-state index in [1.165, 1.54) is 25.1 Å². The zero-order chi connectivity index (χ0) is 19.1. The highest BCUT2D eigenvalue weighted by Gasteiger charge is 2.21. The van der Waals surface area contributed by atoms with E-state index < -0.39 is 36.4 Å². The monoisotopic (exact) mass is 418 g/mol. The number of anilines is 1. The number of aromatic nitrogens is 1. The maximum atomic E-state index is 13.7. The van der Waals surface area contributed by atoms with Gasteiger partial charge in [0.05, 0.1) is 21.7 Å². The molecular formula is C15H12F2N2O4S3. The van der Waals surface area contributed by atoms with Crippen LogP contribution in [0.15, 0.2) is 45.6 Å². The van der Waals surface area contributed by atoms with Crippen molar-refractivity contribution in [3.63, 3.8) is 0 Å². The molecule has 0 amide bonds. The van der Waals surface area contributed by atoms with E-state index >= 15 is 0 Å². The highest BCUT2D eigenvalue weighted by atomic mass is 32.2. The van der Waals surface area contributed by atoms with Gasteiger partial charge in [-0.25, -0.2) is 30.6 Å². The summed E-state index contributed by atoms with van der Waals surface area (Å²) in [6.07, 6.45) is 0. The molecule has 0 fully saturated rings. The van der Waals surface area contributed by atoms with E-state index in [1.807, 2.05) is 0 Å². The molecule has 0 saturated carbocycles. The van der Waals surface area contributed by atoms with Crippen molar-refractivity contribution in [2.75, 3.05) is 10.5 Å². The minimum absolute atomic E-state index is 0.0637. The van der Waals surface area contributed by atoms with Gasteiger partial charge in [0.15, 0.2) is 0 Å². The lowest BCUT2D eigenvalue weighted by Gasteiger charge is -2.09. The van der Waals surface area contributed by atoms with Crippen LogP contribution in [0, 0.1) is 11.6 Å². The molecule has 138 valence electrons. The van der Waals surface area contributed by atoms with Crippen LogP contribution in [0.4, 0.5) is 14.5 Å². The lowest BCUT2D eigenvalue weighted by molar-refractivity contribution is 0.555. The summed E-state index contributed by atoms with van der Waals surface area (Å²) < 4.78 is 77.9. The van der Waals surface area contributed by atoms with Gasteiger partial charge in [-0.1, -0.05) is 6.92 Å². The van der Waals surface area contributed by atoms with Gasteiger partial charge in [0, 0.05) is 0 Å². The van der Waals surface area contributed by atoms with Crippen molar-refractivity contribution in [1.82, 2.24) is 4.98 Å². The highest BCUT2D eigenvalue weighted by molar-refractivity contribution is 7.93. The van der Waals surface area contributed by atoms with Crippen molar-refractivity contribution in [2.24, 2.45) is 0 Å². The largest absolute Gasteiger partial charge is 0.279 e. The highest BCUT2D eigenvalue weighted by Crippen LogP contribution is 2.29. The number of sulfonamides is 1. The Hall–Kier alpha value is -2.11. The van der Waals surface area contributed by atoms with Gasteiger partial charge in [0.2, 0.25) is 14.2 Å². The summed E-state index contributed by atoms with van der Waals surface area (Å²) in [7, 11) is -7.84. The van der Waals surface area contributed by atoms with E-state index in [2.05, 4.69) is 9.71 Å². The van der Waals surface area contributed by atoms with E-state index in [1.54, 1.807) is 0 Å². The molecule has 0 bridgehead atoms. The Bertz CT molecular complexity index is 1200. The fourth-order valence-corrected chi connectivity index (χ4v) is 5.61. The Morgan fingerprint density at radius 1 is 1.08 bits per heavy atom. The third-order valence-corrected chi connectivity index (χ3v) is 8.05.